The second kappa shape index (κ2) is 6.92. The van der Waals surface area contributed by atoms with E-state index < -0.39 is 12.4 Å². The van der Waals surface area contributed by atoms with Crippen molar-refractivity contribution in [1.82, 2.24) is 8.97 Å². The molecule has 0 saturated heterocycles. The zero-order chi connectivity index (χ0) is 19.1. The maximum Gasteiger partial charge on any atom is 0.401 e. The topological polar surface area (TPSA) is 83.5 Å². The fraction of sp³-hybridized carbons (Fsp3) is 0.312. The molecule has 26 heavy (non-hydrogen) atoms. The molecular formula is C16H18N3O5PS. The van der Waals surface area contributed by atoms with Crippen molar-refractivity contribution in [1.29, 1.82) is 0 Å². The summed E-state index contributed by atoms with van der Waals surface area (Å²) in [6.45, 7) is 0.815. The van der Waals surface area contributed by atoms with Crippen LogP contribution in [0.5, 0.6) is 0 Å². The third kappa shape index (κ3) is 2.87. The number of hydrogen-bond acceptors (Lipinski definition) is 7. The number of nitrogens with zero attached hydrogens (tertiary/aromatic N) is 3. The number of oxime groups is 1. The van der Waals surface area contributed by atoms with Crippen LogP contribution in [0.2, 0.25) is 0 Å². The summed E-state index contributed by atoms with van der Waals surface area (Å²) < 4.78 is 17.6. The average Bonchev–Trinajstić information content (AvgIpc) is 3.14. The lowest BCUT2D eigenvalue weighted by atomic mass is 10.1. The first kappa shape index (κ1) is 18.7. The Bertz CT molecular complexity index is 1060. The first-order valence-corrected chi connectivity index (χ1v) is 10.4. The van der Waals surface area contributed by atoms with Crippen molar-refractivity contribution >= 4 is 41.7 Å². The Morgan fingerprint density at radius 3 is 2.58 bits per heavy atom. The minimum atomic E-state index is -2.93. The van der Waals surface area contributed by atoms with E-state index in [1.54, 1.807) is 12.1 Å². The van der Waals surface area contributed by atoms with Gasteiger partial charge in [-0.25, -0.2) is 9.36 Å². The monoisotopic (exact) mass is 395 g/mol. The van der Waals surface area contributed by atoms with Crippen LogP contribution in [0.3, 0.4) is 0 Å². The van der Waals surface area contributed by atoms with Crippen molar-refractivity contribution < 1.29 is 18.5 Å². The Kier molecular flexibility index (Phi) is 4.98. The molecular weight excluding hydrogens is 377 g/mol. The fourth-order valence-corrected chi connectivity index (χ4v) is 3.49. The number of hydrogen-bond donors (Lipinski definition) is 0. The number of carbonyl (C=O) groups excluding carboxylic acids is 1. The van der Waals surface area contributed by atoms with Crippen LogP contribution in [0.4, 0.5) is 0 Å². The van der Waals surface area contributed by atoms with Crippen LogP contribution in [0.25, 0.3) is 11.1 Å². The largest absolute Gasteiger partial charge is 0.401 e. The van der Waals surface area contributed by atoms with Gasteiger partial charge in [0.2, 0.25) is 0 Å². The van der Waals surface area contributed by atoms with Gasteiger partial charge in [0.15, 0.2) is 0 Å². The van der Waals surface area contributed by atoms with E-state index in [0.29, 0.717) is 28.9 Å². The molecule has 138 valence electrons. The molecule has 2 aromatic heterocycles. The van der Waals surface area contributed by atoms with Crippen molar-refractivity contribution in [3.8, 4) is 0 Å². The maximum absolute atomic E-state index is 12.9. The van der Waals surface area contributed by atoms with Gasteiger partial charge in [-0.15, -0.1) is 0 Å². The first-order valence-electron chi connectivity index (χ1n) is 7.82. The molecule has 0 fully saturated rings. The van der Waals surface area contributed by atoms with Crippen molar-refractivity contribution in [3.05, 3.63) is 45.6 Å². The second-order valence-electron chi connectivity index (χ2n) is 5.56. The molecule has 0 amide bonds. The number of fused-ring (bicyclic) bond motifs is 2. The highest BCUT2D eigenvalue weighted by molar-refractivity contribution is 8.07. The predicted octanol–water partition coefficient (Wildman–Crippen LogP) is 2.81. The van der Waals surface area contributed by atoms with Crippen molar-refractivity contribution in [3.63, 3.8) is 0 Å². The zero-order valence-corrected chi connectivity index (χ0v) is 16.5. The quantitative estimate of drug-likeness (QED) is 0.425. The average molecular weight is 395 g/mol. The highest BCUT2D eigenvalue weighted by Gasteiger charge is 2.28. The second-order valence-corrected chi connectivity index (χ2v) is 8.69. The van der Waals surface area contributed by atoms with Gasteiger partial charge in [-0.1, -0.05) is 12.1 Å². The van der Waals surface area contributed by atoms with Gasteiger partial charge in [0.1, 0.15) is 0 Å². The molecule has 0 unspecified atom stereocenters. The summed E-state index contributed by atoms with van der Waals surface area (Å²) in [6, 6.07) is 5.28. The smallest absolute Gasteiger partial charge is 0.314 e. The summed E-state index contributed by atoms with van der Waals surface area (Å²) in [5.41, 5.74) is 2.76. The Hall–Kier alpha value is -2.06. The standard InChI is InChI=1S/C16H18N3O5PS/c1-5-13-10(2)14-8-11-6-7-12(9-17-24-25(26,22-3)23-4)18(11)16(21)19(14)15(13)20/h6-9H,5H2,1-4H3/b17-9+. The Balaban J connectivity index is 2.06. The van der Waals surface area contributed by atoms with Gasteiger partial charge in [-0.05, 0) is 37.1 Å². The third-order valence-electron chi connectivity index (χ3n) is 4.28. The van der Waals surface area contributed by atoms with Crippen LogP contribution in [0, 0.1) is 0 Å². The fourth-order valence-electron chi connectivity index (χ4n) is 2.93. The van der Waals surface area contributed by atoms with E-state index in [1.807, 2.05) is 19.9 Å². The molecule has 0 aliphatic carbocycles. The van der Waals surface area contributed by atoms with Gasteiger partial charge in [-0.2, -0.15) is 0 Å². The molecule has 3 heterocycles. The lowest BCUT2D eigenvalue weighted by Crippen LogP contribution is -2.31. The molecule has 1 aliphatic heterocycles. The summed E-state index contributed by atoms with van der Waals surface area (Å²) in [5.74, 6) is -0.283. The van der Waals surface area contributed by atoms with E-state index in [1.165, 1.54) is 29.4 Å². The Morgan fingerprint density at radius 1 is 1.27 bits per heavy atom. The van der Waals surface area contributed by atoms with E-state index in [2.05, 4.69) is 5.16 Å². The molecule has 0 aromatic carbocycles. The highest BCUT2D eigenvalue weighted by Crippen LogP contribution is 2.48. The van der Waals surface area contributed by atoms with Crippen molar-refractivity contribution in [2.45, 2.75) is 20.3 Å². The van der Waals surface area contributed by atoms with Crippen LogP contribution in [-0.4, -0.2) is 35.3 Å². The molecule has 0 atom stereocenters. The van der Waals surface area contributed by atoms with Crippen LogP contribution >= 0.6 is 6.72 Å². The molecule has 0 spiro atoms. The number of rotatable bonds is 6. The summed E-state index contributed by atoms with van der Waals surface area (Å²) in [7, 11) is 2.74. The molecule has 1 aliphatic rings. The van der Waals surface area contributed by atoms with Gasteiger partial charge in [0.25, 0.3) is 5.91 Å². The molecule has 0 bridgehead atoms. The number of aromatic nitrogens is 2. The molecule has 3 rings (SSSR count). The number of carbonyl (C=O) groups is 1. The minimum absolute atomic E-state index is 0.283. The highest BCUT2D eigenvalue weighted by atomic mass is 32.5. The van der Waals surface area contributed by atoms with Crippen LogP contribution in [0.1, 0.15) is 36.5 Å². The number of allylic oxidation sites excluding steroid dienone is 2. The van der Waals surface area contributed by atoms with Crippen LogP contribution in [-0.2, 0) is 25.5 Å². The summed E-state index contributed by atoms with van der Waals surface area (Å²) in [6.07, 6.45) is 1.91. The Labute approximate surface area is 154 Å². The van der Waals surface area contributed by atoms with E-state index in [9.17, 15) is 9.59 Å². The summed E-state index contributed by atoms with van der Waals surface area (Å²) in [4.78, 5) is 25.5. The molecule has 0 N–H and O–H groups in total. The van der Waals surface area contributed by atoms with Crippen molar-refractivity contribution in [2.24, 2.45) is 5.16 Å². The molecule has 0 radical (unpaired) electrons. The van der Waals surface area contributed by atoms with E-state index in [-0.39, 0.29) is 5.91 Å². The Morgan fingerprint density at radius 2 is 1.96 bits per heavy atom. The molecule has 0 saturated carbocycles. The van der Waals surface area contributed by atoms with Crippen LogP contribution < -0.4 is 5.69 Å². The van der Waals surface area contributed by atoms with Gasteiger partial charge < -0.3 is 13.7 Å². The van der Waals surface area contributed by atoms with Gasteiger partial charge in [0.05, 0.1) is 23.1 Å². The van der Waals surface area contributed by atoms with E-state index >= 15 is 0 Å². The SMILES string of the molecule is CCC1=C(C)c2cc3ccc(/C=N/OP(=S)(OC)OC)n3c(=O)n2C1=O. The molecule has 10 heteroatoms. The zero-order valence-electron chi connectivity index (χ0n) is 14.8. The third-order valence-corrected chi connectivity index (χ3v) is 6.56. The normalized spacial score (nSPS) is 14.7. The predicted molar refractivity (Wildman–Crippen MR) is 102 cm³/mol. The van der Waals surface area contributed by atoms with E-state index in [4.69, 9.17) is 25.5 Å². The lowest BCUT2D eigenvalue weighted by Gasteiger charge is -2.12. The van der Waals surface area contributed by atoms with Gasteiger partial charge in [0, 0.05) is 31.6 Å². The van der Waals surface area contributed by atoms with Crippen LogP contribution in [0.15, 0.2) is 33.7 Å². The molecule has 8 nitrogen and oxygen atoms in total. The molecule has 2 aromatic rings. The first-order chi connectivity index (χ1) is 12.4. The van der Waals surface area contributed by atoms with Gasteiger partial charge >= 0.3 is 12.4 Å². The maximum atomic E-state index is 12.9. The minimum Gasteiger partial charge on any atom is -0.314 e. The van der Waals surface area contributed by atoms with Gasteiger partial charge in [-0.3, -0.25) is 9.20 Å². The summed E-state index contributed by atoms with van der Waals surface area (Å²) in [5, 5.41) is 3.78. The summed E-state index contributed by atoms with van der Waals surface area (Å²) >= 11 is 5.05. The van der Waals surface area contributed by atoms with E-state index in [0.717, 1.165) is 5.57 Å². The lowest BCUT2D eigenvalue weighted by molar-refractivity contribution is 0.0952. The van der Waals surface area contributed by atoms with Crippen molar-refractivity contribution in [2.75, 3.05) is 14.2 Å².